The number of carboxylic acid groups (broad SMARTS) is 1. The van der Waals surface area contributed by atoms with Crippen LogP contribution in [0, 0.1) is 5.92 Å². The number of aryl methyl sites for hydroxylation is 1. The zero-order chi connectivity index (χ0) is 12.0. The highest BCUT2D eigenvalue weighted by atomic mass is 16.4. The summed E-state index contributed by atoms with van der Waals surface area (Å²) in [6, 6.07) is 5.85. The summed E-state index contributed by atoms with van der Waals surface area (Å²) >= 11 is 0. The molecule has 1 aromatic carbocycles. The fraction of sp³-hybridized carbons (Fsp3) is 0.462. The minimum atomic E-state index is -0.690. The maximum absolute atomic E-state index is 10.8. The fourth-order valence-corrected chi connectivity index (χ4v) is 2.88. The molecule has 0 bridgehead atoms. The summed E-state index contributed by atoms with van der Waals surface area (Å²) in [6.45, 7) is 1.31. The minimum Gasteiger partial charge on any atom is -0.508 e. The second-order valence-electron chi connectivity index (χ2n) is 4.93. The first-order valence-corrected chi connectivity index (χ1v) is 5.94. The fourth-order valence-electron chi connectivity index (χ4n) is 2.88. The summed E-state index contributed by atoms with van der Waals surface area (Å²) in [6.07, 6.45) is 2.01. The predicted molar refractivity (Wildman–Crippen MR) is 61.9 cm³/mol. The van der Waals surface area contributed by atoms with E-state index in [9.17, 15) is 9.90 Å². The Bertz CT molecular complexity index is 466. The molecule has 0 spiro atoms. The van der Waals surface area contributed by atoms with Crippen molar-refractivity contribution in [2.75, 3.05) is 13.1 Å². The van der Waals surface area contributed by atoms with E-state index in [1.807, 2.05) is 12.1 Å². The summed E-state index contributed by atoms with van der Waals surface area (Å²) in [5, 5.41) is 18.3. The van der Waals surface area contributed by atoms with Crippen LogP contribution in [-0.2, 0) is 11.2 Å². The Balaban J connectivity index is 1.75. The lowest BCUT2D eigenvalue weighted by Gasteiger charge is -2.41. The highest BCUT2D eigenvalue weighted by molar-refractivity contribution is 5.71. The summed E-state index contributed by atoms with van der Waals surface area (Å²) in [5.41, 5.74) is 2.46. The molecule has 0 aromatic heterocycles. The Morgan fingerprint density at radius 1 is 1.35 bits per heavy atom. The average Bonchev–Trinajstić information content (AvgIpc) is 2.58. The van der Waals surface area contributed by atoms with Gasteiger partial charge < -0.3 is 10.2 Å². The van der Waals surface area contributed by atoms with E-state index in [4.69, 9.17) is 5.11 Å². The molecule has 1 unspecified atom stereocenters. The zero-order valence-corrected chi connectivity index (χ0v) is 9.47. The minimum absolute atomic E-state index is 0.198. The molecule has 90 valence electrons. The average molecular weight is 233 g/mol. The molecule has 1 saturated heterocycles. The summed E-state index contributed by atoms with van der Waals surface area (Å²) in [4.78, 5) is 13.0. The molecule has 2 N–H and O–H groups in total. The van der Waals surface area contributed by atoms with Gasteiger partial charge in [0.25, 0.3) is 0 Å². The van der Waals surface area contributed by atoms with Crippen molar-refractivity contribution >= 4 is 5.97 Å². The lowest BCUT2D eigenvalue weighted by Crippen LogP contribution is -2.51. The van der Waals surface area contributed by atoms with Crippen molar-refractivity contribution in [2.24, 2.45) is 5.92 Å². The quantitative estimate of drug-likeness (QED) is 0.810. The van der Waals surface area contributed by atoms with Crippen LogP contribution < -0.4 is 0 Å². The molecule has 1 heterocycles. The Morgan fingerprint density at radius 2 is 2.12 bits per heavy atom. The molecule has 1 atom stereocenters. The third-order valence-electron chi connectivity index (χ3n) is 3.87. The Hall–Kier alpha value is -1.55. The second-order valence-corrected chi connectivity index (χ2v) is 4.93. The van der Waals surface area contributed by atoms with E-state index in [2.05, 4.69) is 4.90 Å². The number of aliphatic carboxylic acids is 1. The van der Waals surface area contributed by atoms with Gasteiger partial charge in [-0.15, -0.1) is 0 Å². The number of carbonyl (C=O) groups is 1. The summed E-state index contributed by atoms with van der Waals surface area (Å²) < 4.78 is 0. The number of hydrogen-bond acceptors (Lipinski definition) is 3. The van der Waals surface area contributed by atoms with Gasteiger partial charge in [0.15, 0.2) is 0 Å². The number of phenols is 1. The standard InChI is InChI=1S/C13H15NO3/c15-10-2-3-11-8(5-10)1-4-12(11)14-6-9(7-14)13(16)17/h2-3,5,9,12,15H,1,4,6-7H2,(H,16,17). The first-order chi connectivity index (χ1) is 8.15. The Kier molecular flexibility index (Phi) is 2.33. The highest BCUT2D eigenvalue weighted by Crippen LogP contribution is 2.40. The molecule has 0 amide bonds. The van der Waals surface area contributed by atoms with Gasteiger partial charge in [0, 0.05) is 19.1 Å². The molecule has 3 rings (SSSR count). The molecule has 1 aromatic rings. The lowest BCUT2D eigenvalue weighted by molar-refractivity contribution is -0.148. The number of rotatable bonds is 2. The first kappa shape index (κ1) is 10.6. The molecule has 1 aliphatic carbocycles. The van der Waals surface area contributed by atoms with Crippen molar-refractivity contribution in [2.45, 2.75) is 18.9 Å². The van der Waals surface area contributed by atoms with Crippen LogP contribution in [0.25, 0.3) is 0 Å². The zero-order valence-electron chi connectivity index (χ0n) is 9.47. The lowest BCUT2D eigenvalue weighted by atomic mass is 9.95. The molecule has 17 heavy (non-hydrogen) atoms. The number of fused-ring (bicyclic) bond motifs is 1. The van der Waals surface area contributed by atoms with E-state index in [1.165, 1.54) is 11.1 Å². The molecule has 4 nitrogen and oxygen atoms in total. The molecule has 1 aliphatic heterocycles. The molecule has 2 aliphatic rings. The molecular formula is C13H15NO3. The van der Waals surface area contributed by atoms with Gasteiger partial charge in [-0.05, 0) is 36.1 Å². The molecule has 0 radical (unpaired) electrons. The van der Waals surface area contributed by atoms with E-state index in [1.54, 1.807) is 6.07 Å². The molecule has 1 fully saturated rings. The van der Waals surface area contributed by atoms with Crippen LogP contribution in [0.15, 0.2) is 18.2 Å². The van der Waals surface area contributed by atoms with E-state index >= 15 is 0 Å². The molecule has 4 heteroatoms. The Labute approximate surface area is 99.5 Å². The maximum atomic E-state index is 10.8. The number of nitrogens with zero attached hydrogens (tertiary/aromatic N) is 1. The number of phenolic OH excluding ortho intramolecular Hbond substituents is 1. The molecule has 0 saturated carbocycles. The number of aromatic hydroxyl groups is 1. The predicted octanol–water partition coefficient (Wildman–Crippen LogP) is 1.40. The number of likely N-dealkylation sites (tertiary alicyclic amines) is 1. The summed E-state index contributed by atoms with van der Waals surface area (Å²) in [5.74, 6) is -0.572. The van der Waals surface area contributed by atoms with Crippen LogP contribution in [-0.4, -0.2) is 34.2 Å². The monoisotopic (exact) mass is 233 g/mol. The highest BCUT2D eigenvalue weighted by Gasteiger charge is 2.39. The summed E-state index contributed by atoms with van der Waals surface area (Å²) in [7, 11) is 0. The smallest absolute Gasteiger partial charge is 0.309 e. The number of hydrogen-bond donors (Lipinski definition) is 2. The van der Waals surface area contributed by atoms with Crippen LogP contribution in [0.1, 0.15) is 23.6 Å². The van der Waals surface area contributed by atoms with Crippen molar-refractivity contribution in [3.8, 4) is 5.75 Å². The Morgan fingerprint density at radius 3 is 2.82 bits per heavy atom. The van der Waals surface area contributed by atoms with E-state index in [-0.39, 0.29) is 5.92 Å². The SMILES string of the molecule is O=C(O)C1CN(C2CCc3cc(O)ccc32)C1. The van der Waals surface area contributed by atoms with Crippen LogP contribution in [0.3, 0.4) is 0 Å². The van der Waals surface area contributed by atoms with Crippen molar-refractivity contribution in [3.05, 3.63) is 29.3 Å². The number of carboxylic acids is 1. The van der Waals surface area contributed by atoms with Crippen LogP contribution in [0.2, 0.25) is 0 Å². The van der Waals surface area contributed by atoms with Crippen molar-refractivity contribution < 1.29 is 15.0 Å². The van der Waals surface area contributed by atoms with Crippen molar-refractivity contribution in [3.63, 3.8) is 0 Å². The topological polar surface area (TPSA) is 60.8 Å². The van der Waals surface area contributed by atoms with Gasteiger partial charge in [-0.25, -0.2) is 0 Å². The van der Waals surface area contributed by atoms with Crippen LogP contribution in [0.5, 0.6) is 5.75 Å². The maximum Gasteiger partial charge on any atom is 0.309 e. The van der Waals surface area contributed by atoms with Gasteiger partial charge in [-0.1, -0.05) is 6.07 Å². The largest absolute Gasteiger partial charge is 0.508 e. The van der Waals surface area contributed by atoms with Crippen LogP contribution >= 0.6 is 0 Å². The van der Waals surface area contributed by atoms with Crippen molar-refractivity contribution in [1.29, 1.82) is 0 Å². The van der Waals surface area contributed by atoms with Gasteiger partial charge in [0.1, 0.15) is 5.75 Å². The molecular weight excluding hydrogens is 218 g/mol. The van der Waals surface area contributed by atoms with Gasteiger partial charge >= 0.3 is 5.97 Å². The van der Waals surface area contributed by atoms with Gasteiger partial charge in [-0.2, -0.15) is 0 Å². The normalized spacial score (nSPS) is 24.4. The van der Waals surface area contributed by atoms with Crippen molar-refractivity contribution in [1.82, 2.24) is 4.90 Å². The van der Waals surface area contributed by atoms with Gasteiger partial charge in [0.2, 0.25) is 0 Å². The number of benzene rings is 1. The van der Waals surface area contributed by atoms with Gasteiger partial charge in [0.05, 0.1) is 5.92 Å². The van der Waals surface area contributed by atoms with Crippen LogP contribution in [0.4, 0.5) is 0 Å². The third-order valence-corrected chi connectivity index (χ3v) is 3.87. The van der Waals surface area contributed by atoms with E-state index in [0.717, 1.165) is 12.8 Å². The van der Waals surface area contributed by atoms with Gasteiger partial charge in [-0.3, -0.25) is 9.69 Å². The van der Waals surface area contributed by atoms with E-state index in [0.29, 0.717) is 24.9 Å². The second kappa shape index (κ2) is 3.74. The first-order valence-electron chi connectivity index (χ1n) is 5.94. The third kappa shape index (κ3) is 1.69. The van der Waals surface area contributed by atoms with E-state index < -0.39 is 5.97 Å².